The van der Waals surface area contributed by atoms with E-state index in [2.05, 4.69) is 30.5 Å². The van der Waals surface area contributed by atoms with Crippen LogP contribution in [0.15, 0.2) is 66.5 Å². The molecule has 0 amide bonds. The molecule has 0 aliphatic carbocycles. The third kappa shape index (κ3) is 3.07. The van der Waals surface area contributed by atoms with E-state index >= 15 is 0 Å². The van der Waals surface area contributed by atoms with Crippen molar-refractivity contribution in [2.45, 2.75) is 0 Å². The molecule has 3 heterocycles. The summed E-state index contributed by atoms with van der Waals surface area (Å²) in [4.78, 5) is 17.0. The minimum Gasteiger partial charge on any atom is -0.497 e. The highest BCUT2D eigenvalue weighted by Gasteiger charge is 2.11. The van der Waals surface area contributed by atoms with Crippen LogP contribution in [-0.2, 0) is 0 Å². The normalized spacial score (nSPS) is 11.1. The molecule has 8 nitrogen and oxygen atoms in total. The predicted octanol–water partition coefficient (Wildman–Crippen LogP) is 2.67. The number of pyridine rings is 1. The molecule has 3 aromatic heterocycles. The molecular formula is C18H15N7O. The van der Waals surface area contributed by atoms with Crippen LogP contribution < -0.4 is 10.2 Å². The number of nitrogens with zero attached hydrogens (tertiary/aromatic N) is 6. The number of anilines is 1. The molecule has 0 saturated carbocycles. The summed E-state index contributed by atoms with van der Waals surface area (Å²) in [5, 5.41) is 4.21. The van der Waals surface area contributed by atoms with E-state index in [1.54, 1.807) is 32.0 Å². The molecule has 1 N–H and O–H groups in total. The third-order valence-corrected chi connectivity index (χ3v) is 3.76. The van der Waals surface area contributed by atoms with Crippen molar-refractivity contribution >= 4 is 23.2 Å². The van der Waals surface area contributed by atoms with Gasteiger partial charge in [0.2, 0.25) is 0 Å². The van der Waals surface area contributed by atoms with Gasteiger partial charge in [-0.1, -0.05) is 6.07 Å². The highest BCUT2D eigenvalue weighted by molar-refractivity contribution is 5.85. The predicted molar refractivity (Wildman–Crippen MR) is 98.7 cm³/mol. The smallest absolute Gasteiger partial charge is 0.177 e. The van der Waals surface area contributed by atoms with E-state index < -0.39 is 0 Å². The van der Waals surface area contributed by atoms with Crippen LogP contribution in [0.5, 0.6) is 5.75 Å². The van der Waals surface area contributed by atoms with E-state index in [1.165, 1.54) is 6.33 Å². The van der Waals surface area contributed by atoms with E-state index in [0.29, 0.717) is 17.0 Å². The van der Waals surface area contributed by atoms with Crippen LogP contribution in [0.3, 0.4) is 0 Å². The Morgan fingerprint density at radius 2 is 2.00 bits per heavy atom. The molecule has 0 spiro atoms. The molecule has 8 heteroatoms. The van der Waals surface area contributed by atoms with Gasteiger partial charge in [-0.25, -0.2) is 15.0 Å². The van der Waals surface area contributed by atoms with Crippen molar-refractivity contribution in [3.63, 3.8) is 0 Å². The lowest BCUT2D eigenvalue weighted by Crippen LogP contribution is -1.98. The van der Waals surface area contributed by atoms with Crippen molar-refractivity contribution in [1.82, 2.24) is 24.5 Å². The van der Waals surface area contributed by atoms with Gasteiger partial charge in [-0.2, -0.15) is 5.10 Å². The number of hydrogen-bond acceptors (Lipinski definition) is 7. The number of hydrazone groups is 1. The van der Waals surface area contributed by atoms with E-state index in [0.717, 1.165) is 17.0 Å². The van der Waals surface area contributed by atoms with Gasteiger partial charge in [0.25, 0.3) is 0 Å². The summed E-state index contributed by atoms with van der Waals surface area (Å²) in [5.74, 6) is 1.29. The van der Waals surface area contributed by atoms with Gasteiger partial charge >= 0.3 is 0 Å². The molecular weight excluding hydrogens is 330 g/mol. The van der Waals surface area contributed by atoms with Crippen LogP contribution in [0.1, 0.15) is 5.56 Å². The maximum absolute atomic E-state index is 5.28. The number of benzene rings is 1. The molecule has 1 aromatic carbocycles. The molecule has 4 aromatic rings. The van der Waals surface area contributed by atoms with E-state index in [9.17, 15) is 0 Å². The van der Waals surface area contributed by atoms with Crippen molar-refractivity contribution < 1.29 is 4.74 Å². The van der Waals surface area contributed by atoms with Gasteiger partial charge < -0.3 is 4.74 Å². The summed E-state index contributed by atoms with van der Waals surface area (Å²) in [6, 6.07) is 11.4. The van der Waals surface area contributed by atoms with Crippen LogP contribution in [0.4, 0.5) is 5.82 Å². The molecule has 0 radical (unpaired) electrons. The Bertz CT molecular complexity index is 1060. The van der Waals surface area contributed by atoms with Gasteiger partial charge in [-0.15, -0.1) is 0 Å². The van der Waals surface area contributed by atoms with E-state index in [4.69, 9.17) is 4.74 Å². The first-order valence-corrected chi connectivity index (χ1v) is 7.87. The first-order valence-electron chi connectivity index (χ1n) is 7.87. The third-order valence-electron chi connectivity index (χ3n) is 3.76. The number of ether oxygens (including phenoxy) is 1. The van der Waals surface area contributed by atoms with Gasteiger partial charge in [0.15, 0.2) is 17.0 Å². The SMILES string of the molecule is COc1cccc(-n2cnc3c(N/N=C\c4ccncc4)ncnc32)c1. The van der Waals surface area contributed by atoms with Crippen molar-refractivity contribution in [2.75, 3.05) is 12.5 Å². The number of aromatic nitrogens is 5. The Balaban J connectivity index is 1.66. The lowest BCUT2D eigenvalue weighted by Gasteiger charge is -2.06. The number of imidazole rings is 1. The fourth-order valence-electron chi connectivity index (χ4n) is 2.48. The summed E-state index contributed by atoms with van der Waals surface area (Å²) in [5.41, 5.74) is 6.05. The van der Waals surface area contributed by atoms with Gasteiger partial charge in [-0.05, 0) is 29.8 Å². The molecule has 0 fully saturated rings. The van der Waals surface area contributed by atoms with Gasteiger partial charge in [-0.3, -0.25) is 15.0 Å². The number of hydrogen-bond donors (Lipinski definition) is 1. The maximum atomic E-state index is 5.28. The highest BCUT2D eigenvalue weighted by Crippen LogP contribution is 2.23. The van der Waals surface area contributed by atoms with Crippen LogP contribution in [0.2, 0.25) is 0 Å². The average Bonchev–Trinajstić information content (AvgIpc) is 3.14. The van der Waals surface area contributed by atoms with E-state index in [1.807, 2.05) is 41.0 Å². The standard InChI is InChI=1S/C18H15N7O/c1-26-15-4-2-3-14(9-15)25-12-22-16-17(20-11-21-18(16)25)24-23-10-13-5-7-19-8-6-13/h2-12H,1H3,(H,20,21,24)/b23-10-. The number of rotatable bonds is 5. The lowest BCUT2D eigenvalue weighted by atomic mass is 10.3. The zero-order valence-corrected chi connectivity index (χ0v) is 13.9. The number of methoxy groups -OCH3 is 1. The quantitative estimate of drug-likeness (QED) is 0.442. The molecule has 0 bridgehead atoms. The van der Waals surface area contributed by atoms with Gasteiger partial charge in [0, 0.05) is 18.5 Å². The largest absolute Gasteiger partial charge is 0.497 e. The zero-order chi connectivity index (χ0) is 17.8. The number of fused-ring (bicyclic) bond motifs is 1. The van der Waals surface area contributed by atoms with Crippen molar-refractivity contribution in [1.29, 1.82) is 0 Å². The minimum absolute atomic E-state index is 0.530. The topological polar surface area (TPSA) is 90.1 Å². The second kappa shape index (κ2) is 6.98. The van der Waals surface area contributed by atoms with Gasteiger partial charge in [0.1, 0.15) is 18.4 Å². The molecule has 0 aliphatic heterocycles. The number of nitrogens with one attached hydrogen (secondary N) is 1. The molecule has 4 rings (SSSR count). The van der Waals surface area contributed by atoms with Crippen LogP contribution in [0.25, 0.3) is 16.9 Å². The van der Waals surface area contributed by atoms with Crippen molar-refractivity contribution in [3.8, 4) is 11.4 Å². The first kappa shape index (κ1) is 15.7. The molecule has 0 atom stereocenters. The Morgan fingerprint density at radius 1 is 1.12 bits per heavy atom. The Hall–Kier alpha value is -3.81. The summed E-state index contributed by atoms with van der Waals surface area (Å²) >= 11 is 0. The fourth-order valence-corrected chi connectivity index (χ4v) is 2.48. The fraction of sp³-hybridized carbons (Fsp3) is 0.0556. The Kier molecular flexibility index (Phi) is 4.21. The van der Waals surface area contributed by atoms with Crippen molar-refractivity contribution in [3.05, 3.63) is 67.0 Å². The summed E-state index contributed by atoms with van der Waals surface area (Å²) in [6.07, 6.45) is 8.28. The lowest BCUT2D eigenvalue weighted by molar-refractivity contribution is 0.414. The molecule has 0 saturated heterocycles. The second-order valence-corrected chi connectivity index (χ2v) is 5.36. The minimum atomic E-state index is 0.530. The van der Waals surface area contributed by atoms with Crippen LogP contribution in [0, 0.1) is 0 Å². The molecule has 0 unspecified atom stereocenters. The summed E-state index contributed by atoms with van der Waals surface area (Å²) in [7, 11) is 1.64. The monoisotopic (exact) mass is 345 g/mol. The molecule has 0 aliphatic rings. The summed E-state index contributed by atoms with van der Waals surface area (Å²) in [6.45, 7) is 0. The molecule has 26 heavy (non-hydrogen) atoms. The van der Waals surface area contributed by atoms with Crippen molar-refractivity contribution in [2.24, 2.45) is 5.10 Å². The molecule has 128 valence electrons. The van der Waals surface area contributed by atoms with Crippen LogP contribution in [-0.4, -0.2) is 37.8 Å². The zero-order valence-electron chi connectivity index (χ0n) is 13.9. The van der Waals surface area contributed by atoms with E-state index in [-0.39, 0.29) is 0 Å². The first-order chi connectivity index (χ1) is 12.8. The Morgan fingerprint density at radius 3 is 2.85 bits per heavy atom. The van der Waals surface area contributed by atoms with Gasteiger partial charge in [0.05, 0.1) is 19.0 Å². The maximum Gasteiger partial charge on any atom is 0.177 e. The second-order valence-electron chi connectivity index (χ2n) is 5.36. The Labute approximate surface area is 149 Å². The van der Waals surface area contributed by atoms with Crippen LogP contribution >= 0.6 is 0 Å². The highest BCUT2D eigenvalue weighted by atomic mass is 16.5. The summed E-state index contributed by atoms with van der Waals surface area (Å²) < 4.78 is 7.15. The average molecular weight is 345 g/mol.